The minimum Gasteiger partial charge on any atom is -0.494 e. The van der Waals surface area contributed by atoms with Crippen LogP contribution in [0.15, 0.2) is 79.0 Å². The van der Waals surface area contributed by atoms with Crippen molar-refractivity contribution in [3.05, 3.63) is 89.8 Å². The molecule has 4 aromatic rings. The first kappa shape index (κ1) is 30.2. The van der Waals surface area contributed by atoms with E-state index in [1.807, 2.05) is 66.9 Å². The second-order valence-corrected chi connectivity index (χ2v) is 10.1. The molecule has 0 spiro atoms. The number of carbonyl (C=O) groups excluding carboxylic acids is 1. The van der Waals surface area contributed by atoms with Crippen LogP contribution in [0.1, 0.15) is 38.9 Å². The van der Waals surface area contributed by atoms with Gasteiger partial charge in [-0.05, 0) is 98.7 Å². The molecule has 4 rings (SSSR count). The Bertz CT molecular complexity index is 1370. The molecule has 0 unspecified atom stereocenters. The fourth-order valence-corrected chi connectivity index (χ4v) is 4.63. The third-order valence-electron chi connectivity index (χ3n) is 6.88. The van der Waals surface area contributed by atoms with Crippen molar-refractivity contribution in [1.29, 1.82) is 0 Å². The maximum absolute atomic E-state index is 11.7. The van der Waals surface area contributed by atoms with Crippen LogP contribution in [-0.4, -0.2) is 53.8 Å². The highest BCUT2D eigenvalue weighted by Crippen LogP contribution is 2.28. The van der Waals surface area contributed by atoms with Gasteiger partial charge in [-0.15, -0.1) is 0 Å². The lowest BCUT2D eigenvalue weighted by atomic mass is 10.1. The Balaban J connectivity index is 1.47. The summed E-state index contributed by atoms with van der Waals surface area (Å²) in [6.45, 7) is 8.21. The lowest BCUT2D eigenvalue weighted by molar-refractivity contribution is -0.140. The fourth-order valence-electron chi connectivity index (χ4n) is 4.50. The quantitative estimate of drug-likeness (QED) is 0.107. The lowest BCUT2D eigenvalue weighted by Gasteiger charge is -2.17. The summed E-state index contributed by atoms with van der Waals surface area (Å²) in [5.74, 6) is 2.93. The second-order valence-electron chi connectivity index (χ2n) is 9.65. The number of ether oxygens (including phenoxy) is 3. The number of carbonyl (C=O) groups is 1. The average molecular weight is 576 g/mol. The van der Waals surface area contributed by atoms with E-state index in [-0.39, 0.29) is 5.97 Å². The van der Waals surface area contributed by atoms with Crippen molar-refractivity contribution >= 4 is 17.6 Å². The Morgan fingerprint density at radius 3 is 2.15 bits per heavy atom. The zero-order valence-corrected chi connectivity index (χ0v) is 24.8. The molecule has 0 aliphatic heterocycles. The minimum absolute atomic E-state index is 0.222. The van der Waals surface area contributed by atoms with Gasteiger partial charge >= 0.3 is 5.97 Å². The topological polar surface area (TPSA) is 65.8 Å². The number of benzene rings is 3. The largest absolute Gasteiger partial charge is 0.494 e. The van der Waals surface area contributed by atoms with Gasteiger partial charge in [0.1, 0.15) is 23.1 Å². The summed E-state index contributed by atoms with van der Waals surface area (Å²) in [7, 11) is 1.41. The molecule has 216 valence electrons. The molecule has 0 bridgehead atoms. The summed E-state index contributed by atoms with van der Waals surface area (Å²) in [5.41, 5.74) is 2.80. The van der Waals surface area contributed by atoms with Gasteiger partial charge in [0.2, 0.25) is 0 Å². The summed E-state index contributed by atoms with van der Waals surface area (Å²) in [5, 5.41) is 0.663. The summed E-state index contributed by atoms with van der Waals surface area (Å²) in [4.78, 5) is 19.0. The maximum Gasteiger partial charge on any atom is 0.305 e. The molecule has 0 saturated carbocycles. The van der Waals surface area contributed by atoms with E-state index >= 15 is 0 Å². The summed E-state index contributed by atoms with van der Waals surface area (Å²) in [6, 6.07) is 23.2. The highest BCUT2D eigenvalue weighted by molar-refractivity contribution is 6.30. The Morgan fingerprint density at radius 1 is 0.878 bits per heavy atom. The summed E-state index contributed by atoms with van der Waals surface area (Å²) >= 11 is 5.98. The van der Waals surface area contributed by atoms with Crippen molar-refractivity contribution in [3.8, 4) is 34.2 Å². The molecule has 0 aliphatic carbocycles. The van der Waals surface area contributed by atoms with Crippen molar-refractivity contribution in [2.45, 2.75) is 39.5 Å². The number of aromatic nitrogens is 2. The molecular formula is C33H38ClN3O4. The Hall–Kier alpha value is -3.81. The predicted octanol–water partition coefficient (Wildman–Crippen LogP) is 7.59. The van der Waals surface area contributed by atoms with Gasteiger partial charge in [-0.1, -0.05) is 25.4 Å². The second kappa shape index (κ2) is 15.3. The number of methoxy groups -OCH3 is 1. The molecule has 0 N–H and O–H groups in total. The molecule has 0 atom stereocenters. The number of halogens is 1. The standard InChI is InChI=1S/C33H38ClN3O4/c1-4-36(5-2)22-7-23-40-28-16-10-25(11-17-28)31-24-37(32(35-31)8-6-9-33(38)39-3)27-14-20-30(21-15-27)41-29-18-12-26(34)13-19-29/h10-21,24H,4-9,22-23H2,1-3H3. The van der Waals surface area contributed by atoms with Crippen molar-refractivity contribution < 1.29 is 19.0 Å². The number of nitrogens with zero attached hydrogens (tertiary/aromatic N) is 3. The van der Waals surface area contributed by atoms with Crippen molar-refractivity contribution in [3.63, 3.8) is 0 Å². The summed E-state index contributed by atoms with van der Waals surface area (Å²) < 4.78 is 18.8. The molecule has 0 fully saturated rings. The first-order chi connectivity index (χ1) is 20.0. The predicted molar refractivity (Wildman–Crippen MR) is 163 cm³/mol. The fraction of sp³-hybridized carbons (Fsp3) is 0.333. The molecule has 8 heteroatoms. The van der Waals surface area contributed by atoms with Crippen molar-refractivity contribution in [2.75, 3.05) is 33.4 Å². The first-order valence-corrected chi connectivity index (χ1v) is 14.5. The van der Waals surface area contributed by atoms with E-state index in [2.05, 4.69) is 23.3 Å². The van der Waals surface area contributed by atoms with E-state index in [0.29, 0.717) is 36.6 Å². The monoisotopic (exact) mass is 575 g/mol. The van der Waals surface area contributed by atoms with Crippen LogP contribution < -0.4 is 9.47 Å². The lowest BCUT2D eigenvalue weighted by Crippen LogP contribution is -2.25. The molecule has 1 heterocycles. The summed E-state index contributed by atoms with van der Waals surface area (Å²) in [6.07, 6.45) is 4.63. The van der Waals surface area contributed by atoms with Gasteiger partial charge in [0.05, 0.1) is 19.4 Å². The van der Waals surface area contributed by atoms with Gasteiger partial charge in [0.15, 0.2) is 0 Å². The third-order valence-corrected chi connectivity index (χ3v) is 7.14. The number of rotatable bonds is 15. The van der Waals surface area contributed by atoms with E-state index in [1.165, 1.54) is 7.11 Å². The average Bonchev–Trinajstić information content (AvgIpc) is 3.43. The zero-order chi connectivity index (χ0) is 29.0. The van der Waals surface area contributed by atoms with Gasteiger partial charge in [0, 0.05) is 41.9 Å². The molecule has 0 aliphatic rings. The van der Waals surface area contributed by atoms with Crippen LogP contribution in [-0.2, 0) is 16.0 Å². The van der Waals surface area contributed by atoms with E-state index < -0.39 is 0 Å². The van der Waals surface area contributed by atoms with Crippen molar-refractivity contribution in [2.24, 2.45) is 0 Å². The van der Waals surface area contributed by atoms with Crippen LogP contribution in [0.4, 0.5) is 0 Å². The Labute approximate surface area is 247 Å². The number of imidazole rings is 1. The van der Waals surface area contributed by atoms with Gasteiger partial charge in [-0.3, -0.25) is 4.79 Å². The number of hydrogen-bond acceptors (Lipinski definition) is 6. The Kier molecular flexibility index (Phi) is 11.2. The number of hydrogen-bond donors (Lipinski definition) is 0. The van der Waals surface area contributed by atoms with E-state index in [0.717, 1.165) is 60.3 Å². The van der Waals surface area contributed by atoms with Gasteiger partial charge in [-0.25, -0.2) is 4.98 Å². The molecule has 0 radical (unpaired) electrons. The van der Waals surface area contributed by atoms with E-state index in [1.54, 1.807) is 12.1 Å². The van der Waals surface area contributed by atoms with Crippen LogP contribution in [0.5, 0.6) is 17.2 Å². The van der Waals surface area contributed by atoms with E-state index in [9.17, 15) is 4.79 Å². The van der Waals surface area contributed by atoms with Crippen LogP contribution >= 0.6 is 11.6 Å². The SMILES string of the molecule is CCN(CC)CCCOc1ccc(-c2cn(-c3ccc(Oc4ccc(Cl)cc4)cc3)c(CCCC(=O)OC)n2)cc1. The highest BCUT2D eigenvalue weighted by Gasteiger charge is 2.13. The van der Waals surface area contributed by atoms with Crippen LogP contribution in [0, 0.1) is 0 Å². The Morgan fingerprint density at radius 2 is 1.51 bits per heavy atom. The van der Waals surface area contributed by atoms with Gasteiger partial charge < -0.3 is 23.7 Å². The van der Waals surface area contributed by atoms with Crippen LogP contribution in [0.2, 0.25) is 5.02 Å². The maximum atomic E-state index is 11.7. The van der Waals surface area contributed by atoms with Crippen LogP contribution in [0.25, 0.3) is 16.9 Å². The smallest absolute Gasteiger partial charge is 0.305 e. The first-order valence-electron chi connectivity index (χ1n) is 14.1. The molecule has 0 saturated heterocycles. The molecular weight excluding hydrogens is 538 g/mol. The molecule has 1 aromatic heterocycles. The van der Waals surface area contributed by atoms with Gasteiger partial charge in [0.25, 0.3) is 0 Å². The number of aryl methyl sites for hydroxylation is 1. The highest BCUT2D eigenvalue weighted by atomic mass is 35.5. The van der Waals surface area contributed by atoms with Crippen LogP contribution in [0.3, 0.4) is 0 Å². The zero-order valence-electron chi connectivity index (χ0n) is 24.0. The molecule has 7 nitrogen and oxygen atoms in total. The van der Waals surface area contributed by atoms with E-state index in [4.69, 9.17) is 30.8 Å². The third kappa shape index (κ3) is 8.84. The molecule has 0 amide bonds. The van der Waals surface area contributed by atoms with Crippen molar-refractivity contribution in [1.82, 2.24) is 14.5 Å². The normalized spacial score (nSPS) is 11.0. The number of esters is 1. The van der Waals surface area contributed by atoms with Gasteiger partial charge in [-0.2, -0.15) is 0 Å². The molecule has 41 heavy (non-hydrogen) atoms. The minimum atomic E-state index is -0.222. The molecule has 3 aromatic carbocycles.